The molecule has 0 bridgehead atoms. The minimum absolute atomic E-state index is 0.0200. The van der Waals surface area contributed by atoms with E-state index < -0.39 is 24.2 Å². The highest BCUT2D eigenvalue weighted by Crippen LogP contribution is 2.44. The second kappa shape index (κ2) is 10.3. The van der Waals surface area contributed by atoms with E-state index in [-0.39, 0.29) is 43.9 Å². The zero-order valence-electron chi connectivity index (χ0n) is 19.4. The molecule has 8 nitrogen and oxygen atoms in total. The molecule has 2 amide bonds. The van der Waals surface area contributed by atoms with Crippen LogP contribution in [0.4, 0.5) is 4.79 Å². The summed E-state index contributed by atoms with van der Waals surface area (Å²) in [4.78, 5) is 38.0. The molecule has 1 aliphatic heterocycles. The van der Waals surface area contributed by atoms with Crippen molar-refractivity contribution in [2.45, 2.75) is 38.3 Å². The lowest BCUT2D eigenvalue weighted by atomic mass is 9.98. The Morgan fingerprint density at radius 2 is 1.74 bits per heavy atom. The zero-order valence-corrected chi connectivity index (χ0v) is 19.4. The highest BCUT2D eigenvalue weighted by molar-refractivity contribution is 5.84. The van der Waals surface area contributed by atoms with Crippen molar-refractivity contribution in [3.63, 3.8) is 0 Å². The van der Waals surface area contributed by atoms with Crippen LogP contribution in [-0.2, 0) is 19.1 Å². The Kier molecular flexibility index (Phi) is 7.17. The van der Waals surface area contributed by atoms with Gasteiger partial charge in [-0.15, -0.1) is 0 Å². The van der Waals surface area contributed by atoms with E-state index in [1.807, 2.05) is 31.2 Å². The van der Waals surface area contributed by atoms with Gasteiger partial charge in [-0.1, -0.05) is 55.5 Å². The van der Waals surface area contributed by atoms with Gasteiger partial charge in [0.05, 0.1) is 12.7 Å². The topological polar surface area (TPSA) is 105 Å². The average Bonchev–Trinajstić information content (AvgIpc) is 3.14. The third-order valence-electron chi connectivity index (χ3n) is 6.53. The Bertz CT molecular complexity index is 1030. The van der Waals surface area contributed by atoms with Gasteiger partial charge >= 0.3 is 12.1 Å². The zero-order chi connectivity index (χ0) is 24.2. The van der Waals surface area contributed by atoms with Crippen LogP contribution in [0.25, 0.3) is 11.1 Å². The fourth-order valence-electron chi connectivity index (χ4n) is 4.83. The molecule has 0 spiro atoms. The van der Waals surface area contributed by atoms with Crippen molar-refractivity contribution in [2.75, 3.05) is 26.3 Å². The predicted octanol–water partition coefficient (Wildman–Crippen LogP) is 3.25. The Labute approximate surface area is 198 Å². The summed E-state index contributed by atoms with van der Waals surface area (Å²) in [6, 6.07) is 15.3. The molecule has 4 rings (SSSR count). The molecule has 1 aliphatic carbocycles. The third kappa shape index (κ3) is 4.92. The quantitative estimate of drug-likeness (QED) is 0.649. The summed E-state index contributed by atoms with van der Waals surface area (Å²) < 4.78 is 10.9. The number of carbonyl (C=O) groups excluding carboxylic acids is 2. The van der Waals surface area contributed by atoms with Gasteiger partial charge in [-0.2, -0.15) is 0 Å². The standard InChI is InChI=1S/C26H30N2O6/c1-16(13-23(29)28-11-12-33-17(2)24(28)25(30)31)14-27-26(32)34-15-22-20-9-5-3-7-18(20)19-8-4-6-10-21(19)22/h3-10,16-17,22,24H,11-15H2,1-2H3,(H,27,32)(H,30,31). The molecule has 1 fully saturated rings. The van der Waals surface area contributed by atoms with Gasteiger partial charge in [0, 0.05) is 25.4 Å². The lowest BCUT2D eigenvalue weighted by molar-refractivity contribution is -0.165. The lowest BCUT2D eigenvalue weighted by Gasteiger charge is -2.37. The van der Waals surface area contributed by atoms with E-state index in [1.165, 1.54) is 4.90 Å². The smallest absolute Gasteiger partial charge is 0.407 e. The van der Waals surface area contributed by atoms with Gasteiger partial charge in [0.15, 0.2) is 6.04 Å². The van der Waals surface area contributed by atoms with Crippen LogP contribution in [-0.4, -0.2) is 66.4 Å². The molecular formula is C26H30N2O6. The lowest BCUT2D eigenvalue weighted by Crippen LogP contribution is -2.56. The van der Waals surface area contributed by atoms with Crippen molar-refractivity contribution in [2.24, 2.45) is 5.92 Å². The monoisotopic (exact) mass is 466 g/mol. The highest BCUT2D eigenvalue weighted by Gasteiger charge is 2.38. The normalized spacial score (nSPS) is 20.2. The first-order valence-electron chi connectivity index (χ1n) is 11.6. The van der Waals surface area contributed by atoms with E-state index in [2.05, 4.69) is 29.6 Å². The fraction of sp³-hybridized carbons (Fsp3) is 0.423. The maximum atomic E-state index is 12.7. The Morgan fingerprint density at radius 3 is 2.35 bits per heavy atom. The van der Waals surface area contributed by atoms with E-state index in [4.69, 9.17) is 9.47 Å². The number of ether oxygens (including phenoxy) is 2. The molecule has 3 unspecified atom stereocenters. The second-order valence-corrected chi connectivity index (χ2v) is 8.96. The number of nitrogens with zero attached hydrogens (tertiary/aromatic N) is 1. The highest BCUT2D eigenvalue weighted by atomic mass is 16.5. The first kappa shape index (κ1) is 23.8. The van der Waals surface area contributed by atoms with Gasteiger partial charge in [0.1, 0.15) is 6.61 Å². The number of benzene rings is 2. The van der Waals surface area contributed by atoms with Gasteiger partial charge in [0.25, 0.3) is 0 Å². The summed E-state index contributed by atoms with van der Waals surface area (Å²) in [6.07, 6.45) is -0.978. The molecule has 1 saturated heterocycles. The number of nitrogens with one attached hydrogen (secondary N) is 1. The molecule has 0 aromatic heterocycles. The Hall–Kier alpha value is -3.39. The number of rotatable bonds is 7. The molecule has 180 valence electrons. The first-order chi connectivity index (χ1) is 16.4. The second-order valence-electron chi connectivity index (χ2n) is 8.96. The number of carboxylic acid groups (broad SMARTS) is 1. The third-order valence-corrected chi connectivity index (χ3v) is 6.53. The summed E-state index contributed by atoms with van der Waals surface area (Å²) in [5.41, 5.74) is 4.61. The molecule has 2 aromatic carbocycles. The predicted molar refractivity (Wildman–Crippen MR) is 125 cm³/mol. The molecule has 0 radical (unpaired) electrons. The number of morpholine rings is 1. The van der Waals surface area contributed by atoms with Gasteiger partial charge < -0.3 is 24.8 Å². The van der Waals surface area contributed by atoms with Crippen molar-refractivity contribution >= 4 is 18.0 Å². The van der Waals surface area contributed by atoms with E-state index >= 15 is 0 Å². The van der Waals surface area contributed by atoms with Crippen LogP contribution in [0.5, 0.6) is 0 Å². The number of alkyl carbamates (subject to hydrolysis) is 1. The molecule has 1 heterocycles. The van der Waals surface area contributed by atoms with Crippen molar-refractivity contribution in [3.05, 3.63) is 59.7 Å². The first-order valence-corrected chi connectivity index (χ1v) is 11.6. The molecule has 8 heteroatoms. The van der Waals surface area contributed by atoms with Crippen LogP contribution in [0.2, 0.25) is 0 Å². The molecular weight excluding hydrogens is 436 g/mol. The maximum absolute atomic E-state index is 12.7. The number of carboxylic acids is 1. The van der Waals surface area contributed by atoms with Crippen LogP contribution in [0.3, 0.4) is 0 Å². The van der Waals surface area contributed by atoms with Gasteiger partial charge in [-0.3, -0.25) is 4.79 Å². The van der Waals surface area contributed by atoms with Crippen molar-refractivity contribution in [1.82, 2.24) is 10.2 Å². The molecule has 34 heavy (non-hydrogen) atoms. The molecule has 2 aliphatic rings. The van der Waals surface area contributed by atoms with E-state index in [0.717, 1.165) is 22.3 Å². The van der Waals surface area contributed by atoms with Crippen LogP contribution in [0, 0.1) is 5.92 Å². The SMILES string of the molecule is CC(CNC(=O)OCC1c2ccccc2-c2ccccc21)CC(=O)N1CCOC(C)C1C(=O)O. The average molecular weight is 467 g/mol. The van der Waals surface area contributed by atoms with Crippen molar-refractivity contribution in [3.8, 4) is 11.1 Å². The Balaban J connectivity index is 1.28. The number of carbonyl (C=O) groups is 3. The minimum atomic E-state index is -1.08. The maximum Gasteiger partial charge on any atom is 0.407 e. The van der Waals surface area contributed by atoms with Crippen molar-refractivity contribution < 1.29 is 29.0 Å². The van der Waals surface area contributed by atoms with E-state index in [0.29, 0.717) is 6.61 Å². The number of hydrogen-bond acceptors (Lipinski definition) is 5. The summed E-state index contributed by atoms with van der Waals surface area (Å²) in [6.45, 7) is 4.51. The number of amides is 2. The van der Waals surface area contributed by atoms with Gasteiger partial charge in [-0.25, -0.2) is 9.59 Å². The number of fused-ring (bicyclic) bond motifs is 3. The molecule has 3 atom stereocenters. The Morgan fingerprint density at radius 1 is 1.12 bits per heavy atom. The number of hydrogen-bond donors (Lipinski definition) is 2. The van der Waals surface area contributed by atoms with E-state index in [9.17, 15) is 19.5 Å². The van der Waals surface area contributed by atoms with Crippen LogP contribution in [0.1, 0.15) is 37.3 Å². The van der Waals surface area contributed by atoms with Crippen LogP contribution in [0.15, 0.2) is 48.5 Å². The molecule has 2 aromatic rings. The summed E-state index contributed by atoms with van der Waals surface area (Å²) >= 11 is 0. The summed E-state index contributed by atoms with van der Waals surface area (Å²) in [7, 11) is 0. The van der Waals surface area contributed by atoms with Crippen molar-refractivity contribution in [1.29, 1.82) is 0 Å². The number of aliphatic carboxylic acids is 1. The van der Waals surface area contributed by atoms with E-state index in [1.54, 1.807) is 6.92 Å². The fourth-order valence-corrected chi connectivity index (χ4v) is 4.83. The summed E-state index contributed by atoms with van der Waals surface area (Å²) in [5.74, 6) is -1.54. The van der Waals surface area contributed by atoms with Crippen LogP contribution >= 0.6 is 0 Å². The van der Waals surface area contributed by atoms with Gasteiger partial charge in [0.2, 0.25) is 5.91 Å². The summed E-state index contributed by atoms with van der Waals surface area (Å²) in [5, 5.41) is 12.2. The molecule has 2 N–H and O–H groups in total. The molecule has 0 saturated carbocycles. The van der Waals surface area contributed by atoms with Gasteiger partial charge in [-0.05, 0) is 35.1 Å². The minimum Gasteiger partial charge on any atom is -0.480 e. The van der Waals surface area contributed by atoms with Crippen LogP contribution < -0.4 is 5.32 Å². The largest absolute Gasteiger partial charge is 0.480 e.